The lowest BCUT2D eigenvalue weighted by Crippen LogP contribution is -2.23. The summed E-state index contributed by atoms with van der Waals surface area (Å²) in [4.78, 5) is 12.1. The van der Waals surface area contributed by atoms with Crippen LogP contribution in [0.4, 0.5) is 0 Å². The van der Waals surface area contributed by atoms with Crippen molar-refractivity contribution in [2.24, 2.45) is 0 Å². The van der Waals surface area contributed by atoms with Gasteiger partial charge in [0.2, 0.25) is 0 Å². The second kappa shape index (κ2) is 4.43. The Labute approximate surface area is 112 Å². The maximum Gasteiger partial charge on any atom is 0.155 e. The Morgan fingerprint density at radius 1 is 1.33 bits per heavy atom. The number of ketones is 1. The van der Waals surface area contributed by atoms with Gasteiger partial charge in [-0.25, -0.2) is 0 Å². The van der Waals surface area contributed by atoms with Gasteiger partial charge in [0.1, 0.15) is 0 Å². The molecular weight excluding hydrogens is 246 g/mol. The fraction of sp³-hybridized carbons (Fsp3) is 0.400. The van der Waals surface area contributed by atoms with E-state index in [9.17, 15) is 4.79 Å². The second-order valence-electron chi connectivity index (χ2n) is 5.06. The van der Waals surface area contributed by atoms with Crippen LogP contribution in [0.3, 0.4) is 0 Å². The molecule has 1 aromatic carbocycles. The van der Waals surface area contributed by atoms with Gasteiger partial charge in [-0.15, -0.1) is 0 Å². The van der Waals surface area contributed by atoms with Crippen molar-refractivity contribution < 1.29 is 4.79 Å². The van der Waals surface area contributed by atoms with Crippen molar-refractivity contribution in [3.63, 3.8) is 0 Å². The van der Waals surface area contributed by atoms with E-state index < -0.39 is 0 Å². The van der Waals surface area contributed by atoms with Gasteiger partial charge in [-0.3, -0.25) is 4.79 Å². The number of aryl methyl sites for hydroxylation is 1. The molecule has 1 aliphatic carbocycles. The summed E-state index contributed by atoms with van der Waals surface area (Å²) in [6.45, 7) is 2.05. The highest BCUT2D eigenvalue weighted by Gasteiger charge is 2.26. The van der Waals surface area contributed by atoms with Crippen LogP contribution in [0.1, 0.15) is 37.4 Å². The molecule has 3 rings (SSSR count). The molecule has 3 heteroatoms. The monoisotopic (exact) mass is 261 g/mol. The van der Waals surface area contributed by atoms with E-state index in [0.29, 0.717) is 12.2 Å². The molecule has 1 aliphatic rings. The van der Waals surface area contributed by atoms with E-state index in [1.807, 2.05) is 12.1 Å². The first-order chi connectivity index (χ1) is 8.68. The Hall–Kier alpha value is -1.28. The molecule has 1 aromatic heterocycles. The molecule has 0 amide bonds. The second-order valence-corrected chi connectivity index (χ2v) is 5.46. The smallest absolute Gasteiger partial charge is 0.155 e. The van der Waals surface area contributed by atoms with E-state index in [0.717, 1.165) is 40.9 Å². The van der Waals surface area contributed by atoms with E-state index >= 15 is 0 Å². The van der Waals surface area contributed by atoms with Gasteiger partial charge in [-0.1, -0.05) is 24.1 Å². The summed E-state index contributed by atoms with van der Waals surface area (Å²) in [5, 5.41) is 1.81. The normalized spacial score (nSPS) is 20.6. The van der Waals surface area contributed by atoms with Crippen molar-refractivity contribution in [1.29, 1.82) is 0 Å². The number of carbonyl (C=O) groups excluding carboxylic acids is 1. The molecule has 1 atom stereocenters. The van der Waals surface area contributed by atoms with E-state index in [4.69, 9.17) is 11.6 Å². The first-order valence-corrected chi connectivity index (χ1v) is 6.85. The minimum Gasteiger partial charge on any atom is -0.334 e. The lowest BCUT2D eigenvalue weighted by molar-refractivity contribution is -0.123. The molecule has 0 saturated heterocycles. The number of carbonyl (C=O) groups is 1. The average molecular weight is 262 g/mol. The predicted molar refractivity (Wildman–Crippen MR) is 74.2 cm³/mol. The number of halogens is 1. The van der Waals surface area contributed by atoms with Crippen molar-refractivity contribution in [2.75, 3.05) is 0 Å². The summed E-state index contributed by atoms with van der Waals surface area (Å²) in [6, 6.07) is 8.00. The molecule has 0 aliphatic heterocycles. The largest absolute Gasteiger partial charge is 0.334 e. The minimum atomic E-state index is 0.00900. The number of benzene rings is 1. The highest BCUT2D eigenvalue weighted by atomic mass is 35.5. The first kappa shape index (κ1) is 11.8. The van der Waals surface area contributed by atoms with Gasteiger partial charge in [-0.2, -0.15) is 0 Å². The van der Waals surface area contributed by atoms with Gasteiger partial charge in [0.05, 0.1) is 11.6 Å². The highest BCUT2D eigenvalue weighted by Crippen LogP contribution is 2.33. The standard InChI is InChI=1S/C15H16ClNO/c1-10-9-11-12(16)5-4-7-13(11)17(10)14-6-2-3-8-15(14)18/h4-5,7,9,14H,2-3,6,8H2,1H3. The molecule has 0 N–H and O–H groups in total. The number of nitrogens with zero attached hydrogens (tertiary/aromatic N) is 1. The molecule has 18 heavy (non-hydrogen) atoms. The summed E-state index contributed by atoms with van der Waals surface area (Å²) in [6.07, 6.45) is 3.84. The van der Waals surface area contributed by atoms with Crippen LogP contribution in [0.25, 0.3) is 10.9 Å². The Balaban J connectivity index is 2.19. The van der Waals surface area contributed by atoms with Gasteiger partial charge >= 0.3 is 0 Å². The molecular formula is C15H16ClNO. The van der Waals surface area contributed by atoms with Crippen LogP contribution in [0.5, 0.6) is 0 Å². The fourth-order valence-corrected chi connectivity index (χ4v) is 3.22. The molecule has 1 saturated carbocycles. The average Bonchev–Trinajstić information content (AvgIpc) is 2.68. The molecule has 0 bridgehead atoms. The van der Waals surface area contributed by atoms with Crippen LogP contribution >= 0.6 is 11.6 Å². The lowest BCUT2D eigenvalue weighted by Gasteiger charge is -2.24. The van der Waals surface area contributed by atoms with E-state index in [-0.39, 0.29) is 6.04 Å². The predicted octanol–water partition coefficient (Wildman–Crippen LogP) is 4.29. The number of fused-ring (bicyclic) bond motifs is 1. The van der Waals surface area contributed by atoms with Crippen LogP contribution < -0.4 is 0 Å². The number of Topliss-reactive ketones (excluding diaryl/α,β-unsaturated/α-hetero) is 1. The van der Waals surface area contributed by atoms with Crippen molar-refractivity contribution in [2.45, 2.75) is 38.6 Å². The third kappa shape index (κ3) is 1.76. The van der Waals surface area contributed by atoms with Crippen molar-refractivity contribution >= 4 is 28.3 Å². The Bertz CT molecular complexity index is 614. The zero-order valence-electron chi connectivity index (χ0n) is 10.4. The summed E-state index contributed by atoms with van der Waals surface area (Å²) >= 11 is 6.22. The minimum absolute atomic E-state index is 0.00900. The molecule has 1 unspecified atom stereocenters. The maximum absolute atomic E-state index is 12.1. The molecule has 1 fully saturated rings. The van der Waals surface area contributed by atoms with Crippen molar-refractivity contribution in [1.82, 2.24) is 4.57 Å². The van der Waals surface area contributed by atoms with E-state index in [2.05, 4.69) is 23.6 Å². The highest BCUT2D eigenvalue weighted by molar-refractivity contribution is 6.35. The van der Waals surface area contributed by atoms with Gasteiger partial charge in [0, 0.05) is 22.5 Å². The van der Waals surface area contributed by atoms with Crippen LogP contribution in [-0.2, 0) is 4.79 Å². The van der Waals surface area contributed by atoms with Gasteiger partial charge in [0.25, 0.3) is 0 Å². The number of aromatic nitrogens is 1. The summed E-state index contributed by atoms with van der Waals surface area (Å²) in [5.41, 5.74) is 2.21. The molecule has 2 aromatic rings. The Morgan fingerprint density at radius 3 is 2.94 bits per heavy atom. The lowest BCUT2D eigenvalue weighted by atomic mass is 9.93. The maximum atomic E-state index is 12.1. The van der Waals surface area contributed by atoms with Crippen molar-refractivity contribution in [3.05, 3.63) is 35.0 Å². The fourth-order valence-electron chi connectivity index (χ4n) is 3.00. The number of hydrogen-bond donors (Lipinski definition) is 0. The summed E-state index contributed by atoms with van der Waals surface area (Å²) < 4.78 is 2.17. The number of rotatable bonds is 1. The van der Waals surface area contributed by atoms with Crippen LogP contribution in [0, 0.1) is 6.92 Å². The summed E-state index contributed by atoms with van der Waals surface area (Å²) in [5.74, 6) is 0.363. The van der Waals surface area contributed by atoms with Crippen LogP contribution in [0.15, 0.2) is 24.3 Å². The Morgan fingerprint density at radius 2 is 2.17 bits per heavy atom. The molecule has 94 valence electrons. The molecule has 0 spiro atoms. The summed E-state index contributed by atoms with van der Waals surface area (Å²) in [7, 11) is 0. The molecule has 1 heterocycles. The van der Waals surface area contributed by atoms with E-state index in [1.165, 1.54) is 0 Å². The Kier molecular flexibility index (Phi) is 2.90. The number of hydrogen-bond acceptors (Lipinski definition) is 1. The van der Waals surface area contributed by atoms with Crippen molar-refractivity contribution in [3.8, 4) is 0 Å². The third-order valence-corrected chi connectivity index (χ3v) is 4.19. The van der Waals surface area contributed by atoms with Crippen LogP contribution in [-0.4, -0.2) is 10.4 Å². The van der Waals surface area contributed by atoms with Gasteiger partial charge in [-0.05, 0) is 38.0 Å². The third-order valence-electron chi connectivity index (χ3n) is 3.86. The topological polar surface area (TPSA) is 22.0 Å². The molecule has 2 nitrogen and oxygen atoms in total. The van der Waals surface area contributed by atoms with Crippen LogP contribution in [0.2, 0.25) is 5.02 Å². The zero-order chi connectivity index (χ0) is 12.7. The van der Waals surface area contributed by atoms with Gasteiger partial charge < -0.3 is 4.57 Å². The SMILES string of the molecule is Cc1cc2c(Cl)cccc2n1C1CCCCC1=O. The molecule has 0 radical (unpaired) electrons. The quantitative estimate of drug-likeness (QED) is 0.751. The zero-order valence-corrected chi connectivity index (χ0v) is 11.2. The first-order valence-electron chi connectivity index (χ1n) is 6.47. The van der Waals surface area contributed by atoms with Gasteiger partial charge in [0.15, 0.2) is 5.78 Å². The van der Waals surface area contributed by atoms with E-state index in [1.54, 1.807) is 0 Å².